The maximum atomic E-state index is 15.4. The lowest BCUT2D eigenvalue weighted by Gasteiger charge is -2.21. The molecular weight excluding hydrogens is 463 g/mol. The number of fused-ring (bicyclic) bond motifs is 2. The van der Waals surface area contributed by atoms with E-state index in [0.29, 0.717) is 49.0 Å². The van der Waals surface area contributed by atoms with Gasteiger partial charge in [0.1, 0.15) is 17.2 Å². The second-order valence-corrected chi connectivity index (χ2v) is 9.51. The molecule has 1 atom stereocenters. The maximum Gasteiger partial charge on any atom is 0.341 e. The number of ether oxygens (including phenoxy) is 1. The Kier molecular flexibility index (Phi) is 5.01. The highest BCUT2D eigenvalue weighted by molar-refractivity contribution is 6.12. The van der Waals surface area contributed by atoms with E-state index in [0.717, 1.165) is 0 Å². The van der Waals surface area contributed by atoms with Crippen LogP contribution in [0.1, 0.15) is 61.7 Å². The smallest absolute Gasteiger partial charge is 0.341 e. The van der Waals surface area contributed by atoms with E-state index < -0.39 is 22.8 Å². The summed E-state index contributed by atoms with van der Waals surface area (Å²) >= 11 is 0. The van der Waals surface area contributed by atoms with Gasteiger partial charge in [0.25, 0.3) is 5.91 Å². The first-order valence-electron chi connectivity index (χ1n) is 11.9. The quantitative estimate of drug-likeness (QED) is 0.422. The van der Waals surface area contributed by atoms with Gasteiger partial charge in [0.2, 0.25) is 0 Å². The Labute approximate surface area is 206 Å². The van der Waals surface area contributed by atoms with Crippen molar-refractivity contribution in [3.05, 3.63) is 82.7 Å². The van der Waals surface area contributed by atoms with Crippen LogP contribution >= 0.6 is 0 Å². The topological polar surface area (TPSA) is 110 Å². The number of nitrogens with zero attached hydrogens (tertiary/aromatic N) is 2. The summed E-state index contributed by atoms with van der Waals surface area (Å²) in [6.45, 7) is 1.20. The number of hydrogen-bond acceptors (Lipinski definition) is 7. The summed E-state index contributed by atoms with van der Waals surface area (Å²) in [7, 11) is 1.52. The third kappa shape index (κ3) is 3.26. The second-order valence-electron chi connectivity index (χ2n) is 9.51. The monoisotopic (exact) mass is 486 g/mol. The van der Waals surface area contributed by atoms with Crippen molar-refractivity contribution in [3.8, 4) is 11.1 Å². The number of esters is 1. The molecule has 1 aliphatic carbocycles. The second kappa shape index (κ2) is 8.03. The molecule has 4 heterocycles. The van der Waals surface area contributed by atoms with Crippen molar-refractivity contribution < 1.29 is 23.5 Å². The molecule has 1 unspecified atom stereocenters. The van der Waals surface area contributed by atoms with Crippen molar-refractivity contribution in [1.82, 2.24) is 20.6 Å². The number of aromatic nitrogens is 2. The lowest BCUT2D eigenvalue weighted by atomic mass is 9.84. The fourth-order valence-corrected chi connectivity index (χ4v) is 5.37. The van der Waals surface area contributed by atoms with E-state index in [1.165, 1.54) is 25.5 Å². The average molecular weight is 487 g/mol. The highest BCUT2D eigenvalue weighted by Gasteiger charge is 2.56. The van der Waals surface area contributed by atoms with Crippen LogP contribution in [0, 0.1) is 5.82 Å². The summed E-state index contributed by atoms with van der Waals surface area (Å²) in [5, 5.41) is 5.72. The molecule has 2 N–H and O–H groups in total. The molecule has 3 aliphatic rings. The predicted molar refractivity (Wildman–Crippen MR) is 127 cm³/mol. The minimum atomic E-state index is -1.06. The highest BCUT2D eigenvalue weighted by atomic mass is 19.1. The van der Waals surface area contributed by atoms with Crippen LogP contribution in [0.2, 0.25) is 0 Å². The molecule has 2 aliphatic heterocycles. The Balaban J connectivity index is 1.33. The van der Waals surface area contributed by atoms with Gasteiger partial charge in [0.05, 0.1) is 11.0 Å². The lowest BCUT2D eigenvalue weighted by Crippen LogP contribution is -2.29. The molecular formula is C27H23FN4O4. The van der Waals surface area contributed by atoms with Gasteiger partial charge in [0.15, 0.2) is 11.4 Å². The number of pyridine rings is 2. The first-order valence-corrected chi connectivity index (χ1v) is 11.9. The van der Waals surface area contributed by atoms with E-state index in [-0.39, 0.29) is 34.2 Å². The standard InChI is InChI=1S/C27H23FN4O4/c1-29-24(34)20-5-3-16(13-32-20)15-2-4-17(19(28)12-15)26(7-8-26)23(33)22-21-18(6-10-31-22)27(36-25(21)35)9-11-30-14-27/h2-6,10,12-13,30H,7-9,11,14H2,1H3,(H,29,34). The van der Waals surface area contributed by atoms with Crippen molar-refractivity contribution in [2.45, 2.75) is 30.3 Å². The SMILES string of the molecule is CNC(=O)c1ccc(-c2ccc(C3(C(=O)c4nccc5c4C(=O)OC54CCNC4)CC3)c(F)c2)cn1. The minimum Gasteiger partial charge on any atom is -0.449 e. The number of carbonyl (C=O) groups excluding carboxylic acids is 3. The van der Waals surface area contributed by atoms with Gasteiger partial charge < -0.3 is 15.4 Å². The zero-order valence-electron chi connectivity index (χ0n) is 19.6. The minimum absolute atomic E-state index is 0.0521. The zero-order chi connectivity index (χ0) is 25.1. The van der Waals surface area contributed by atoms with E-state index in [9.17, 15) is 14.4 Å². The predicted octanol–water partition coefficient (Wildman–Crippen LogP) is 2.92. The lowest BCUT2D eigenvalue weighted by molar-refractivity contribution is 0.00157. The Bertz CT molecular complexity index is 1430. The van der Waals surface area contributed by atoms with Gasteiger partial charge in [-0.05, 0) is 43.1 Å². The molecule has 2 fully saturated rings. The zero-order valence-corrected chi connectivity index (χ0v) is 19.6. The number of carbonyl (C=O) groups is 3. The molecule has 1 aromatic carbocycles. The number of nitrogens with one attached hydrogen (secondary N) is 2. The van der Waals surface area contributed by atoms with Crippen LogP contribution in [0.15, 0.2) is 48.8 Å². The van der Waals surface area contributed by atoms with Crippen LogP contribution in [0.3, 0.4) is 0 Å². The molecule has 9 heteroatoms. The number of halogens is 1. The van der Waals surface area contributed by atoms with Gasteiger partial charge in [-0.25, -0.2) is 9.18 Å². The van der Waals surface area contributed by atoms with Crippen LogP contribution in [0.25, 0.3) is 11.1 Å². The molecule has 1 amide bonds. The van der Waals surface area contributed by atoms with Crippen molar-refractivity contribution in [2.24, 2.45) is 0 Å². The van der Waals surface area contributed by atoms with Gasteiger partial charge in [-0.2, -0.15) is 0 Å². The van der Waals surface area contributed by atoms with E-state index >= 15 is 4.39 Å². The summed E-state index contributed by atoms with van der Waals surface area (Å²) in [6.07, 6.45) is 4.60. The van der Waals surface area contributed by atoms with Gasteiger partial charge >= 0.3 is 5.97 Å². The number of ketones is 1. The number of rotatable bonds is 5. The number of hydrogen-bond donors (Lipinski definition) is 2. The Morgan fingerprint density at radius 1 is 1.06 bits per heavy atom. The Morgan fingerprint density at radius 2 is 1.86 bits per heavy atom. The summed E-state index contributed by atoms with van der Waals surface area (Å²) in [5.41, 5.74) is 0.874. The largest absolute Gasteiger partial charge is 0.449 e. The third-order valence-corrected chi connectivity index (χ3v) is 7.49. The van der Waals surface area contributed by atoms with Crippen LogP contribution in [0.5, 0.6) is 0 Å². The molecule has 1 saturated heterocycles. The third-order valence-electron chi connectivity index (χ3n) is 7.49. The van der Waals surface area contributed by atoms with Gasteiger partial charge in [-0.15, -0.1) is 0 Å². The molecule has 2 aromatic heterocycles. The summed E-state index contributed by atoms with van der Waals surface area (Å²) < 4.78 is 21.2. The molecule has 182 valence electrons. The number of amides is 1. The van der Waals surface area contributed by atoms with Crippen molar-refractivity contribution in [1.29, 1.82) is 0 Å². The normalized spacial score (nSPS) is 21.2. The highest BCUT2D eigenvalue weighted by Crippen LogP contribution is 2.53. The fraction of sp³-hybridized carbons (Fsp3) is 0.296. The van der Waals surface area contributed by atoms with Crippen LogP contribution in [-0.2, 0) is 15.8 Å². The first-order chi connectivity index (χ1) is 17.4. The van der Waals surface area contributed by atoms with Crippen molar-refractivity contribution in [2.75, 3.05) is 20.1 Å². The van der Waals surface area contributed by atoms with Crippen molar-refractivity contribution in [3.63, 3.8) is 0 Å². The van der Waals surface area contributed by atoms with E-state index in [2.05, 4.69) is 20.6 Å². The molecule has 0 radical (unpaired) electrons. The molecule has 1 saturated carbocycles. The Hall–Kier alpha value is -3.98. The summed E-state index contributed by atoms with van der Waals surface area (Å²) in [6, 6.07) is 9.72. The molecule has 8 nitrogen and oxygen atoms in total. The van der Waals surface area contributed by atoms with E-state index in [1.54, 1.807) is 30.3 Å². The van der Waals surface area contributed by atoms with E-state index in [1.807, 2.05) is 0 Å². The van der Waals surface area contributed by atoms with Crippen molar-refractivity contribution >= 4 is 17.7 Å². The van der Waals surface area contributed by atoms with Crippen LogP contribution in [-0.4, -0.2) is 47.8 Å². The summed E-state index contributed by atoms with van der Waals surface area (Å²) in [5.74, 6) is -1.73. The van der Waals surface area contributed by atoms with Crippen LogP contribution in [0.4, 0.5) is 4.39 Å². The molecule has 6 rings (SSSR count). The van der Waals surface area contributed by atoms with Gasteiger partial charge in [-0.1, -0.05) is 18.2 Å². The maximum absolute atomic E-state index is 15.4. The fourth-order valence-electron chi connectivity index (χ4n) is 5.37. The van der Waals surface area contributed by atoms with Gasteiger partial charge in [-0.3, -0.25) is 19.6 Å². The molecule has 0 bridgehead atoms. The molecule has 1 spiro atoms. The van der Waals surface area contributed by atoms with Gasteiger partial charge in [0, 0.05) is 49.1 Å². The van der Waals surface area contributed by atoms with E-state index in [4.69, 9.17) is 4.74 Å². The molecule has 3 aromatic rings. The summed E-state index contributed by atoms with van der Waals surface area (Å²) in [4.78, 5) is 46.7. The first kappa shape index (κ1) is 22.5. The average Bonchev–Trinajstić information content (AvgIpc) is 3.48. The molecule has 36 heavy (non-hydrogen) atoms. The number of Topliss-reactive ketones (excluding diaryl/α,β-unsaturated/α-hetero) is 1. The number of benzene rings is 1. The van der Waals surface area contributed by atoms with Crippen LogP contribution < -0.4 is 10.6 Å². The Morgan fingerprint density at radius 3 is 2.50 bits per heavy atom.